The van der Waals surface area contributed by atoms with Crippen LogP contribution >= 0.6 is 11.6 Å². The number of aliphatic hydroxyl groups excluding tert-OH is 3. The second kappa shape index (κ2) is 24.2. The van der Waals surface area contributed by atoms with Crippen molar-refractivity contribution in [2.24, 2.45) is 22.9 Å². The Hall–Kier alpha value is -4.22. The number of benzene rings is 2. The number of amides is 1. The number of unbranched alkanes of at least 4 members (excludes halogenated alkanes) is 2. The first-order chi connectivity index (χ1) is 30.9. The van der Waals surface area contributed by atoms with Crippen molar-refractivity contribution in [3.8, 4) is 23.0 Å². The van der Waals surface area contributed by atoms with Crippen LogP contribution in [0.1, 0.15) is 86.0 Å². The number of aliphatic hydroxyl groups is 3. The van der Waals surface area contributed by atoms with E-state index in [1.807, 2.05) is 12.1 Å². The van der Waals surface area contributed by atoms with Gasteiger partial charge in [0.2, 0.25) is 12.1 Å². The van der Waals surface area contributed by atoms with E-state index in [1.54, 1.807) is 35.2 Å². The summed E-state index contributed by atoms with van der Waals surface area (Å²) in [7, 11) is 1.50. The van der Waals surface area contributed by atoms with E-state index < -0.39 is 30.1 Å². The SMILES string of the molecule is C=CCO[C@@]12Oc3ccc(Oc4ccc(OC)c(C=O)c4)cc3[C@H]3[C@H](CCCCO)[C@@H](CCCCO)C=C(C(=NOC4CCCCO4)C[C@@H]1N(CCOCCO)C(=O)OCCCl)[C@H]32. The molecule has 1 amide bonds. The molecule has 1 unspecified atom stereocenters. The maximum atomic E-state index is 14.3. The van der Waals surface area contributed by atoms with Crippen LogP contribution in [0.2, 0.25) is 0 Å². The molecular weight excluding hydrogens is 836 g/mol. The number of nitrogens with zero attached hydrogens (tertiary/aromatic N) is 2. The van der Waals surface area contributed by atoms with Crippen molar-refractivity contribution in [3.63, 3.8) is 0 Å². The number of methoxy groups -OCH3 is 1. The van der Waals surface area contributed by atoms with E-state index in [-0.39, 0.29) is 82.8 Å². The Morgan fingerprint density at radius 3 is 2.52 bits per heavy atom. The first kappa shape index (κ1) is 48.2. The quantitative estimate of drug-likeness (QED) is 0.0301. The van der Waals surface area contributed by atoms with Crippen LogP contribution in [0.4, 0.5) is 4.79 Å². The lowest BCUT2D eigenvalue weighted by molar-refractivity contribution is -0.256. The van der Waals surface area contributed by atoms with Crippen LogP contribution in [0, 0.1) is 17.8 Å². The molecule has 1 saturated heterocycles. The smallest absolute Gasteiger partial charge is 0.410 e. The summed E-state index contributed by atoms with van der Waals surface area (Å²) in [6, 6.07) is 9.78. The molecule has 6 rings (SSSR count). The van der Waals surface area contributed by atoms with Gasteiger partial charge in [-0.05, 0) is 92.3 Å². The van der Waals surface area contributed by atoms with Crippen molar-refractivity contribution in [2.45, 2.75) is 88.2 Å². The predicted molar refractivity (Wildman–Crippen MR) is 235 cm³/mol. The first-order valence-electron chi connectivity index (χ1n) is 22.2. The van der Waals surface area contributed by atoms with Crippen LogP contribution < -0.4 is 14.2 Å². The normalized spacial score (nSPS) is 25.5. The van der Waals surface area contributed by atoms with E-state index in [0.29, 0.717) is 60.1 Å². The lowest BCUT2D eigenvalue weighted by Crippen LogP contribution is -2.70. The second-order valence-corrected chi connectivity index (χ2v) is 16.5. The Bertz CT molecular complexity index is 1870. The van der Waals surface area contributed by atoms with Gasteiger partial charge in [0.15, 0.2) is 6.29 Å². The van der Waals surface area contributed by atoms with Crippen molar-refractivity contribution in [3.05, 3.63) is 71.8 Å². The number of halogens is 1. The lowest BCUT2D eigenvalue weighted by atomic mass is 9.55. The van der Waals surface area contributed by atoms with Crippen LogP contribution in [0.25, 0.3) is 0 Å². The summed E-state index contributed by atoms with van der Waals surface area (Å²) in [6.07, 6.45) is 10.4. The average Bonchev–Trinajstić information content (AvgIpc) is 3.31. The molecule has 2 aromatic carbocycles. The zero-order valence-electron chi connectivity index (χ0n) is 36.2. The summed E-state index contributed by atoms with van der Waals surface area (Å²) >= 11 is 6.04. The molecule has 3 N–H and O–H groups in total. The van der Waals surface area contributed by atoms with Crippen molar-refractivity contribution in [2.75, 3.05) is 72.4 Å². The molecule has 0 aromatic heterocycles. The molecule has 2 heterocycles. The molecule has 2 aliphatic carbocycles. The number of rotatable bonds is 25. The summed E-state index contributed by atoms with van der Waals surface area (Å²) < 4.78 is 43.5. The fourth-order valence-electron chi connectivity index (χ4n) is 9.55. The van der Waals surface area contributed by atoms with E-state index >= 15 is 0 Å². The fraction of sp³-hybridized carbons (Fsp3) is 0.596. The zero-order chi connectivity index (χ0) is 44.6. The minimum Gasteiger partial charge on any atom is -0.496 e. The van der Waals surface area contributed by atoms with Gasteiger partial charge in [-0.1, -0.05) is 30.1 Å². The zero-order valence-corrected chi connectivity index (χ0v) is 37.0. The van der Waals surface area contributed by atoms with Crippen LogP contribution in [0.3, 0.4) is 0 Å². The van der Waals surface area contributed by atoms with Gasteiger partial charge in [-0.15, -0.1) is 18.2 Å². The molecule has 15 nitrogen and oxygen atoms in total. The summed E-state index contributed by atoms with van der Waals surface area (Å²) in [6.45, 7) is 4.70. The van der Waals surface area contributed by atoms with Gasteiger partial charge in [0.25, 0.3) is 0 Å². The third-order valence-corrected chi connectivity index (χ3v) is 12.4. The maximum absolute atomic E-state index is 14.3. The monoisotopic (exact) mass is 898 g/mol. The Balaban J connectivity index is 1.57. The summed E-state index contributed by atoms with van der Waals surface area (Å²) in [5.41, 5.74) is 2.66. The first-order valence-corrected chi connectivity index (χ1v) is 22.7. The molecule has 0 spiro atoms. The molecule has 0 bridgehead atoms. The molecule has 63 heavy (non-hydrogen) atoms. The Kier molecular flexibility index (Phi) is 18.5. The second-order valence-electron chi connectivity index (χ2n) is 16.1. The number of carbonyl (C=O) groups is 2. The number of oxime groups is 1. The van der Waals surface area contributed by atoms with Crippen molar-refractivity contribution < 1.29 is 62.9 Å². The average molecular weight is 899 g/mol. The Morgan fingerprint density at radius 1 is 1.02 bits per heavy atom. The van der Waals surface area contributed by atoms with Gasteiger partial charge in [0.05, 0.1) is 63.2 Å². The molecule has 0 radical (unpaired) electrons. The highest BCUT2D eigenvalue weighted by Gasteiger charge is 2.65. The molecule has 16 heteroatoms. The van der Waals surface area contributed by atoms with Gasteiger partial charge >= 0.3 is 6.09 Å². The number of allylic oxidation sites excluding steroid dienone is 1. The highest BCUT2D eigenvalue weighted by molar-refractivity contribution is 6.18. The van der Waals surface area contributed by atoms with Gasteiger partial charge < -0.3 is 53.3 Å². The van der Waals surface area contributed by atoms with Gasteiger partial charge in [-0.2, -0.15) is 0 Å². The van der Waals surface area contributed by atoms with Crippen LogP contribution in [-0.2, 0) is 23.8 Å². The minimum absolute atomic E-state index is 0.000195. The number of alkyl halides is 1. The van der Waals surface area contributed by atoms with E-state index in [1.165, 1.54) is 7.11 Å². The molecule has 4 aliphatic rings. The Morgan fingerprint density at radius 2 is 1.81 bits per heavy atom. The number of hydrogen-bond acceptors (Lipinski definition) is 14. The predicted octanol–water partition coefficient (Wildman–Crippen LogP) is 7.15. The summed E-state index contributed by atoms with van der Waals surface area (Å²) in [5.74, 6) is -0.521. The highest BCUT2D eigenvalue weighted by Crippen LogP contribution is 2.62. The van der Waals surface area contributed by atoms with Gasteiger partial charge in [-0.3, -0.25) is 9.69 Å². The van der Waals surface area contributed by atoms with Gasteiger partial charge in [-0.25, -0.2) is 4.79 Å². The van der Waals surface area contributed by atoms with Crippen molar-refractivity contribution in [1.82, 2.24) is 4.90 Å². The largest absolute Gasteiger partial charge is 0.496 e. The lowest BCUT2D eigenvalue weighted by Gasteiger charge is -2.59. The molecule has 1 saturated carbocycles. The third-order valence-electron chi connectivity index (χ3n) is 12.3. The molecule has 7 atom stereocenters. The van der Waals surface area contributed by atoms with Crippen LogP contribution in [0.5, 0.6) is 23.0 Å². The Labute approximate surface area is 374 Å². The van der Waals surface area contributed by atoms with Crippen molar-refractivity contribution in [1.29, 1.82) is 0 Å². The molecule has 2 fully saturated rings. The van der Waals surface area contributed by atoms with Crippen LogP contribution in [0.15, 0.2) is 65.9 Å². The number of aldehydes is 1. The topological polar surface area (TPSA) is 184 Å². The molecule has 346 valence electrons. The third kappa shape index (κ3) is 11.5. The number of hydrogen-bond donors (Lipinski definition) is 3. The summed E-state index contributed by atoms with van der Waals surface area (Å²) in [5, 5.41) is 34.3. The van der Waals surface area contributed by atoms with Crippen LogP contribution in [-0.4, -0.2) is 129 Å². The number of ether oxygens (including phenoxy) is 7. The maximum Gasteiger partial charge on any atom is 0.410 e. The van der Waals surface area contributed by atoms with Crippen molar-refractivity contribution >= 4 is 29.7 Å². The fourth-order valence-corrected chi connectivity index (χ4v) is 9.62. The van der Waals surface area contributed by atoms with E-state index in [9.17, 15) is 24.9 Å². The highest BCUT2D eigenvalue weighted by atomic mass is 35.5. The molecule has 2 aromatic rings. The van der Waals surface area contributed by atoms with Gasteiger partial charge in [0, 0.05) is 44.1 Å². The van der Waals surface area contributed by atoms with Gasteiger partial charge in [0.1, 0.15) is 35.6 Å². The number of fused-ring (bicyclic) bond motifs is 2. The van der Waals surface area contributed by atoms with E-state index in [2.05, 4.69) is 12.7 Å². The minimum atomic E-state index is -1.54. The van der Waals surface area contributed by atoms with E-state index in [0.717, 1.165) is 55.9 Å². The molecule has 2 aliphatic heterocycles. The summed E-state index contributed by atoms with van der Waals surface area (Å²) in [4.78, 5) is 34.0. The van der Waals surface area contributed by atoms with E-state index in [4.69, 9.17) is 54.8 Å². The number of carbonyl (C=O) groups excluding carboxylic acids is 2. The standard InChI is InChI=1S/C47H63ClN2O13/c1-3-22-60-47-42(50(18-25-57-26-21-53)46(55)59-24-17-48)30-39(49-63-43-12-6-9-23-58-43)37-28-32(10-4-7-19-51)36(11-5-8-20-52)44(45(37)47)38-29-35(14-16-41(38)62-47)61-34-13-15-40(56-2)33(27-34)31-54/h3,13-16,27-29,31-32,36,42-45,51-53H,1,4-12,17-26,30H2,2H3/t32-,36+,42-,43?,44+,45+,47+/m0/s1. The molecular formula is C47H63ClN2O13.